The van der Waals surface area contributed by atoms with Crippen LogP contribution in [0, 0.1) is 11.8 Å². The van der Waals surface area contributed by atoms with Crippen LogP contribution in [-0.4, -0.2) is 37.6 Å². The van der Waals surface area contributed by atoms with Crippen molar-refractivity contribution in [1.82, 2.24) is 4.90 Å². The smallest absolute Gasteiger partial charge is 0.0172 e. The second-order valence-corrected chi connectivity index (χ2v) is 5.27. The molecule has 0 radical (unpaired) electrons. The molecule has 3 heteroatoms. The zero-order chi connectivity index (χ0) is 12.6. The summed E-state index contributed by atoms with van der Waals surface area (Å²) in [6, 6.07) is 0. The number of hydrogen-bond donors (Lipinski definition) is 2. The van der Waals surface area contributed by atoms with Gasteiger partial charge in [-0.15, -0.1) is 0 Å². The quantitative estimate of drug-likeness (QED) is 0.751. The maximum Gasteiger partial charge on any atom is 0.0172 e. The highest BCUT2D eigenvalue weighted by Gasteiger charge is 2.26. The molecule has 0 atom stereocenters. The molecule has 0 saturated carbocycles. The van der Waals surface area contributed by atoms with Crippen LogP contribution in [0.4, 0.5) is 0 Å². The lowest BCUT2D eigenvalue weighted by Gasteiger charge is -2.33. The van der Waals surface area contributed by atoms with Crippen LogP contribution in [0.5, 0.6) is 0 Å². The van der Waals surface area contributed by atoms with Crippen molar-refractivity contribution in [2.24, 2.45) is 23.3 Å². The van der Waals surface area contributed by atoms with Crippen LogP contribution >= 0.6 is 0 Å². The maximum absolute atomic E-state index is 6.00. The summed E-state index contributed by atoms with van der Waals surface area (Å²) in [5.41, 5.74) is 11.2. The molecule has 0 fully saturated rings. The summed E-state index contributed by atoms with van der Waals surface area (Å²) in [6.07, 6.45) is 0. The fourth-order valence-corrected chi connectivity index (χ4v) is 0.925. The molecule has 3 nitrogen and oxygen atoms in total. The molecule has 0 aromatic heterocycles. The van der Waals surface area contributed by atoms with E-state index in [1.807, 2.05) is 14.1 Å². The second kappa shape index (κ2) is 8.08. The van der Waals surface area contributed by atoms with Crippen LogP contribution in [0.2, 0.25) is 0 Å². The van der Waals surface area contributed by atoms with Gasteiger partial charge in [-0.3, -0.25) is 0 Å². The maximum atomic E-state index is 6.00. The van der Waals surface area contributed by atoms with E-state index in [4.69, 9.17) is 11.5 Å². The highest BCUT2D eigenvalue weighted by molar-refractivity contribution is 4.84. The third-order valence-corrected chi connectivity index (χ3v) is 3.06. The largest absolute Gasteiger partial charge is 0.329 e. The molecule has 0 aliphatic rings. The molecule has 4 N–H and O–H groups in total. The Labute approximate surface area is 96.2 Å². The average Bonchev–Trinajstić information content (AvgIpc) is 2.04. The number of hydrogen-bond acceptors (Lipinski definition) is 3. The van der Waals surface area contributed by atoms with Crippen molar-refractivity contribution in [2.75, 3.05) is 27.2 Å². The summed E-state index contributed by atoms with van der Waals surface area (Å²) >= 11 is 0. The first kappa shape index (κ1) is 17.3. The average molecular weight is 217 g/mol. The Morgan fingerprint density at radius 2 is 1.40 bits per heavy atom. The molecule has 0 heterocycles. The minimum Gasteiger partial charge on any atom is -0.329 e. The molecule has 0 amide bonds. The Kier molecular flexibility index (Phi) is 9.31. The number of likely N-dealkylation sites (N-methyl/N-ethyl adjacent to an activating group) is 1. The monoisotopic (exact) mass is 217 g/mol. The molecule has 0 aliphatic heterocycles. The molecule has 0 unspecified atom stereocenters. The van der Waals surface area contributed by atoms with Crippen molar-refractivity contribution >= 4 is 0 Å². The van der Waals surface area contributed by atoms with E-state index < -0.39 is 0 Å². The first-order valence-corrected chi connectivity index (χ1v) is 5.79. The highest BCUT2D eigenvalue weighted by atomic mass is 15.1. The molecule has 0 aromatic rings. The van der Waals surface area contributed by atoms with Crippen molar-refractivity contribution in [2.45, 2.75) is 40.2 Å². The Hall–Kier alpha value is -0.120. The van der Waals surface area contributed by atoms with Gasteiger partial charge in [0.1, 0.15) is 0 Å². The third-order valence-electron chi connectivity index (χ3n) is 3.06. The topological polar surface area (TPSA) is 55.3 Å². The summed E-state index contributed by atoms with van der Waals surface area (Å²) in [5, 5.41) is 0. The van der Waals surface area contributed by atoms with Crippen molar-refractivity contribution in [3.63, 3.8) is 0 Å². The summed E-state index contributed by atoms with van der Waals surface area (Å²) < 4.78 is 0. The van der Waals surface area contributed by atoms with E-state index >= 15 is 0 Å². The first-order valence-electron chi connectivity index (χ1n) is 5.79. The predicted molar refractivity (Wildman–Crippen MR) is 69.9 cm³/mol. The van der Waals surface area contributed by atoms with Crippen LogP contribution in [0.1, 0.15) is 34.6 Å². The number of rotatable bonds is 4. The van der Waals surface area contributed by atoms with Crippen LogP contribution in [0.15, 0.2) is 0 Å². The Balaban J connectivity index is 0. The van der Waals surface area contributed by atoms with Gasteiger partial charge >= 0.3 is 0 Å². The summed E-state index contributed by atoms with van der Waals surface area (Å²) in [7, 11) is 4.01. The van der Waals surface area contributed by atoms with Gasteiger partial charge in [-0.25, -0.2) is 0 Å². The number of nitrogens with zero attached hydrogens (tertiary/aromatic N) is 1. The lowest BCUT2D eigenvalue weighted by atomic mass is 9.80. The SMILES string of the molecule is CC(C)C(C)(N)C(C)C.CN(C)CCN. The molecular weight excluding hydrogens is 186 g/mol. The van der Waals surface area contributed by atoms with Gasteiger partial charge in [0.05, 0.1) is 0 Å². The summed E-state index contributed by atoms with van der Waals surface area (Å²) in [4.78, 5) is 2.06. The van der Waals surface area contributed by atoms with Gasteiger partial charge in [-0.1, -0.05) is 27.7 Å². The summed E-state index contributed by atoms with van der Waals surface area (Å²) in [5.74, 6) is 1.13. The minimum absolute atomic E-state index is 0.000000000000000222. The van der Waals surface area contributed by atoms with Gasteiger partial charge in [0, 0.05) is 18.6 Å². The van der Waals surface area contributed by atoms with Crippen molar-refractivity contribution < 1.29 is 0 Å². The zero-order valence-corrected chi connectivity index (χ0v) is 11.7. The van der Waals surface area contributed by atoms with Gasteiger partial charge in [0.2, 0.25) is 0 Å². The molecule has 0 bridgehead atoms. The van der Waals surface area contributed by atoms with Crippen LogP contribution in [0.25, 0.3) is 0 Å². The van der Waals surface area contributed by atoms with Gasteiger partial charge in [-0.05, 0) is 32.9 Å². The van der Waals surface area contributed by atoms with Crippen molar-refractivity contribution in [1.29, 1.82) is 0 Å². The highest BCUT2D eigenvalue weighted by Crippen LogP contribution is 2.21. The van der Waals surface area contributed by atoms with E-state index in [-0.39, 0.29) is 5.54 Å². The van der Waals surface area contributed by atoms with Gasteiger partial charge in [0.25, 0.3) is 0 Å². The van der Waals surface area contributed by atoms with Crippen LogP contribution in [0.3, 0.4) is 0 Å². The molecular formula is C12H31N3. The summed E-state index contributed by atoms with van der Waals surface area (Å²) in [6.45, 7) is 12.5. The molecule has 0 spiro atoms. The van der Waals surface area contributed by atoms with Crippen molar-refractivity contribution in [3.05, 3.63) is 0 Å². The van der Waals surface area contributed by atoms with Crippen LogP contribution in [-0.2, 0) is 0 Å². The molecule has 0 aromatic carbocycles. The second-order valence-electron chi connectivity index (χ2n) is 5.27. The van der Waals surface area contributed by atoms with Crippen LogP contribution < -0.4 is 11.5 Å². The Bertz CT molecular complexity index is 130. The molecule has 94 valence electrons. The van der Waals surface area contributed by atoms with Gasteiger partial charge < -0.3 is 16.4 Å². The van der Waals surface area contributed by atoms with E-state index in [0.717, 1.165) is 13.1 Å². The zero-order valence-electron chi connectivity index (χ0n) is 11.7. The Morgan fingerprint density at radius 3 is 1.40 bits per heavy atom. The lowest BCUT2D eigenvalue weighted by molar-refractivity contribution is 0.250. The molecule has 0 rings (SSSR count). The standard InChI is InChI=1S/C8H19N.C4H12N2/c1-6(2)8(5,9)7(3)4;1-6(2)4-3-5/h6-7H,9H2,1-5H3;3-5H2,1-2H3. The normalized spacial score (nSPS) is 12.0. The van der Waals surface area contributed by atoms with Gasteiger partial charge in [-0.2, -0.15) is 0 Å². The Morgan fingerprint density at radius 1 is 1.07 bits per heavy atom. The predicted octanol–water partition coefficient (Wildman–Crippen LogP) is 1.52. The third kappa shape index (κ3) is 8.85. The van der Waals surface area contributed by atoms with E-state index in [9.17, 15) is 0 Å². The minimum atomic E-state index is 0.000000000000000222. The molecule has 0 aliphatic carbocycles. The number of nitrogens with two attached hydrogens (primary N) is 2. The van der Waals surface area contributed by atoms with Crippen molar-refractivity contribution in [3.8, 4) is 0 Å². The van der Waals surface area contributed by atoms with E-state index in [1.54, 1.807) is 0 Å². The fraction of sp³-hybridized carbons (Fsp3) is 1.00. The van der Waals surface area contributed by atoms with Gasteiger partial charge in [0.15, 0.2) is 0 Å². The molecule has 15 heavy (non-hydrogen) atoms. The van der Waals surface area contributed by atoms with E-state index in [2.05, 4.69) is 39.5 Å². The molecule has 0 saturated heterocycles. The lowest BCUT2D eigenvalue weighted by Crippen LogP contribution is -2.46. The fourth-order valence-electron chi connectivity index (χ4n) is 0.925. The van der Waals surface area contributed by atoms with E-state index in [0.29, 0.717) is 11.8 Å². The van der Waals surface area contributed by atoms with E-state index in [1.165, 1.54) is 0 Å². The first-order chi connectivity index (χ1) is 6.66.